The van der Waals surface area contributed by atoms with Gasteiger partial charge in [-0.1, -0.05) is 29.8 Å². The molecule has 0 amide bonds. The van der Waals surface area contributed by atoms with E-state index in [4.69, 9.17) is 17.3 Å². The molecule has 4 aromatic rings. The van der Waals surface area contributed by atoms with Crippen LogP contribution in [0.2, 0.25) is 0 Å². The number of nitrogens with zero attached hydrogens (tertiary/aromatic N) is 5. The topological polar surface area (TPSA) is 63.8 Å². The van der Waals surface area contributed by atoms with Crippen molar-refractivity contribution < 1.29 is 4.39 Å². The quantitative estimate of drug-likeness (QED) is 0.366. The van der Waals surface area contributed by atoms with Crippen molar-refractivity contribution in [1.29, 1.82) is 0 Å². The van der Waals surface area contributed by atoms with Gasteiger partial charge in [0.15, 0.2) is 5.82 Å². The SMILES string of the molecule is Cc1ccc(-c2nn(-c3ccc(F)cc3)cc2/C=N\n2c(C3CC3)n[nH]c2=S)cc1. The molecule has 0 bridgehead atoms. The van der Waals surface area contributed by atoms with Crippen LogP contribution in [0, 0.1) is 17.5 Å². The van der Waals surface area contributed by atoms with E-state index in [1.807, 2.05) is 37.4 Å². The Balaban J connectivity index is 1.59. The highest BCUT2D eigenvalue weighted by molar-refractivity contribution is 7.71. The molecule has 0 unspecified atom stereocenters. The van der Waals surface area contributed by atoms with E-state index >= 15 is 0 Å². The molecule has 2 heterocycles. The van der Waals surface area contributed by atoms with Gasteiger partial charge in [-0.2, -0.15) is 20.0 Å². The molecular weight excluding hydrogens is 399 g/mol. The highest BCUT2D eigenvalue weighted by Crippen LogP contribution is 2.38. The summed E-state index contributed by atoms with van der Waals surface area (Å²) in [7, 11) is 0. The van der Waals surface area contributed by atoms with Crippen LogP contribution in [0.15, 0.2) is 59.8 Å². The Morgan fingerprint density at radius 2 is 1.87 bits per heavy atom. The van der Waals surface area contributed by atoms with Crippen molar-refractivity contribution in [3.8, 4) is 16.9 Å². The number of benzene rings is 2. The molecule has 1 aliphatic rings. The number of hydrogen-bond donors (Lipinski definition) is 1. The maximum absolute atomic E-state index is 13.3. The third-order valence-corrected chi connectivity index (χ3v) is 5.35. The van der Waals surface area contributed by atoms with Crippen LogP contribution in [-0.4, -0.2) is 30.9 Å². The molecular formula is C22H19FN6S. The number of aryl methyl sites for hydroxylation is 1. The molecule has 1 N–H and O–H groups in total. The fourth-order valence-electron chi connectivity index (χ4n) is 3.28. The van der Waals surface area contributed by atoms with E-state index in [1.165, 1.54) is 17.7 Å². The van der Waals surface area contributed by atoms with Crippen LogP contribution >= 0.6 is 12.2 Å². The van der Waals surface area contributed by atoms with Crippen LogP contribution < -0.4 is 0 Å². The second-order valence-corrected chi connectivity index (χ2v) is 7.82. The molecule has 150 valence electrons. The van der Waals surface area contributed by atoms with Crippen molar-refractivity contribution in [2.24, 2.45) is 5.10 Å². The first-order valence-electron chi connectivity index (χ1n) is 9.73. The zero-order valence-electron chi connectivity index (χ0n) is 16.3. The van der Waals surface area contributed by atoms with Gasteiger partial charge in [0.1, 0.15) is 11.5 Å². The number of halogens is 1. The minimum atomic E-state index is -0.284. The fraction of sp³-hybridized carbons (Fsp3) is 0.182. The summed E-state index contributed by atoms with van der Waals surface area (Å²) in [4.78, 5) is 0. The monoisotopic (exact) mass is 418 g/mol. The third kappa shape index (κ3) is 3.61. The van der Waals surface area contributed by atoms with Gasteiger partial charge in [-0.15, -0.1) is 0 Å². The van der Waals surface area contributed by atoms with Crippen LogP contribution in [0.4, 0.5) is 4.39 Å². The average Bonchev–Trinajstić information content (AvgIpc) is 3.40. The minimum absolute atomic E-state index is 0.284. The van der Waals surface area contributed by atoms with E-state index in [-0.39, 0.29) is 5.82 Å². The Labute approximate surface area is 177 Å². The van der Waals surface area contributed by atoms with Crippen molar-refractivity contribution in [3.63, 3.8) is 0 Å². The normalized spacial score (nSPS) is 13.9. The van der Waals surface area contributed by atoms with E-state index in [0.717, 1.165) is 41.2 Å². The summed E-state index contributed by atoms with van der Waals surface area (Å²) in [5.41, 5.74) is 4.52. The van der Waals surface area contributed by atoms with E-state index in [9.17, 15) is 4.39 Å². The zero-order chi connectivity index (χ0) is 20.7. The lowest BCUT2D eigenvalue weighted by atomic mass is 10.1. The lowest BCUT2D eigenvalue weighted by molar-refractivity contribution is 0.627. The zero-order valence-corrected chi connectivity index (χ0v) is 17.1. The Morgan fingerprint density at radius 3 is 2.57 bits per heavy atom. The summed E-state index contributed by atoms with van der Waals surface area (Å²) in [6.45, 7) is 2.04. The Hall–Kier alpha value is -3.39. The first-order chi connectivity index (χ1) is 14.6. The smallest absolute Gasteiger partial charge is 0.216 e. The molecule has 1 aliphatic carbocycles. The van der Waals surface area contributed by atoms with Gasteiger partial charge in [-0.05, 0) is 56.2 Å². The number of aromatic amines is 1. The van der Waals surface area contributed by atoms with E-state index in [1.54, 1.807) is 27.7 Å². The summed E-state index contributed by atoms with van der Waals surface area (Å²) >= 11 is 5.34. The highest BCUT2D eigenvalue weighted by atomic mass is 32.1. The summed E-state index contributed by atoms with van der Waals surface area (Å²) < 4.78 is 17.2. The highest BCUT2D eigenvalue weighted by Gasteiger charge is 2.29. The molecule has 0 spiro atoms. The van der Waals surface area contributed by atoms with Crippen molar-refractivity contribution in [2.75, 3.05) is 0 Å². The molecule has 2 aromatic carbocycles. The number of aromatic nitrogens is 5. The van der Waals surface area contributed by atoms with Crippen molar-refractivity contribution >= 4 is 18.4 Å². The van der Waals surface area contributed by atoms with Crippen LogP contribution in [0.1, 0.15) is 35.7 Å². The summed E-state index contributed by atoms with van der Waals surface area (Å²) in [5.74, 6) is 0.987. The van der Waals surface area contributed by atoms with Gasteiger partial charge >= 0.3 is 0 Å². The largest absolute Gasteiger partial charge is 0.250 e. The molecule has 0 atom stereocenters. The van der Waals surface area contributed by atoms with Gasteiger partial charge in [0.25, 0.3) is 0 Å². The van der Waals surface area contributed by atoms with Gasteiger partial charge in [-0.3, -0.25) is 5.10 Å². The van der Waals surface area contributed by atoms with Gasteiger partial charge in [0, 0.05) is 23.2 Å². The summed E-state index contributed by atoms with van der Waals surface area (Å²) in [5, 5.41) is 16.5. The number of H-pyrrole nitrogens is 1. The van der Waals surface area contributed by atoms with E-state index in [0.29, 0.717) is 10.7 Å². The molecule has 5 rings (SSSR count). The second-order valence-electron chi connectivity index (χ2n) is 7.44. The van der Waals surface area contributed by atoms with E-state index < -0.39 is 0 Å². The standard InChI is InChI=1S/C22H19FN6S/c1-14-2-4-15(5-3-14)20-17(13-28(27-20)19-10-8-18(23)9-11-19)12-24-29-21(16-6-7-16)25-26-22(29)30/h2-5,8-13,16H,6-7H2,1H3,(H,26,30)/b24-12-. The molecule has 0 radical (unpaired) electrons. The van der Waals surface area contributed by atoms with Gasteiger partial charge in [0.2, 0.25) is 4.77 Å². The molecule has 8 heteroatoms. The van der Waals surface area contributed by atoms with Crippen molar-refractivity contribution in [1.82, 2.24) is 24.7 Å². The predicted molar refractivity (Wildman–Crippen MR) is 116 cm³/mol. The fourth-order valence-corrected chi connectivity index (χ4v) is 3.47. The van der Waals surface area contributed by atoms with Crippen LogP contribution in [0.5, 0.6) is 0 Å². The third-order valence-electron chi connectivity index (χ3n) is 5.09. The predicted octanol–water partition coefficient (Wildman–Crippen LogP) is 5.00. The van der Waals surface area contributed by atoms with Crippen LogP contribution in [0.25, 0.3) is 16.9 Å². The minimum Gasteiger partial charge on any atom is -0.250 e. The van der Waals surface area contributed by atoms with Gasteiger partial charge < -0.3 is 0 Å². The van der Waals surface area contributed by atoms with Gasteiger partial charge in [-0.25, -0.2) is 9.07 Å². The molecule has 2 aromatic heterocycles. The van der Waals surface area contributed by atoms with Gasteiger partial charge in [0.05, 0.1) is 11.9 Å². The summed E-state index contributed by atoms with van der Waals surface area (Å²) in [6.07, 6.45) is 5.84. The number of hydrogen-bond acceptors (Lipinski definition) is 4. The Kier molecular flexibility index (Phi) is 4.63. The number of rotatable bonds is 5. The molecule has 1 fully saturated rings. The summed E-state index contributed by atoms with van der Waals surface area (Å²) in [6, 6.07) is 14.4. The van der Waals surface area contributed by atoms with Crippen LogP contribution in [0.3, 0.4) is 0 Å². The first-order valence-corrected chi connectivity index (χ1v) is 10.1. The Morgan fingerprint density at radius 1 is 1.13 bits per heavy atom. The molecule has 30 heavy (non-hydrogen) atoms. The van der Waals surface area contributed by atoms with Crippen molar-refractivity contribution in [2.45, 2.75) is 25.7 Å². The molecule has 6 nitrogen and oxygen atoms in total. The second kappa shape index (κ2) is 7.46. The maximum atomic E-state index is 13.3. The van der Waals surface area contributed by atoms with Crippen molar-refractivity contribution in [3.05, 3.63) is 82.3 Å². The average molecular weight is 419 g/mol. The molecule has 0 saturated heterocycles. The Bertz CT molecular complexity index is 1280. The first kappa shape index (κ1) is 18.6. The van der Waals surface area contributed by atoms with Crippen LogP contribution in [-0.2, 0) is 0 Å². The lowest BCUT2D eigenvalue weighted by Crippen LogP contribution is -1.97. The van der Waals surface area contributed by atoms with E-state index in [2.05, 4.69) is 15.3 Å². The maximum Gasteiger partial charge on any atom is 0.216 e. The molecule has 1 saturated carbocycles. The molecule has 0 aliphatic heterocycles. The number of nitrogens with one attached hydrogen (secondary N) is 1. The lowest BCUT2D eigenvalue weighted by Gasteiger charge is -2.01.